The zero-order valence-corrected chi connectivity index (χ0v) is 9.47. The number of hydrogen-bond acceptors (Lipinski definition) is 3. The maximum atomic E-state index is 8.80. The molecule has 2 aromatic rings. The fourth-order valence-electron chi connectivity index (χ4n) is 1.50. The maximum Gasteiger partial charge on any atom is 0.150 e. The first kappa shape index (κ1) is 11.0. The number of ether oxygens (including phenoxy) is 1. The summed E-state index contributed by atoms with van der Waals surface area (Å²) in [4.78, 5) is 0. The highest BCUT2D eigenvalue weighted by Gasteiger charge is 2.04. The normalized spacial score (nSPS) is 9.65. The largest absolute Gasteiger partial charge is 0.455 e. The lowest BCUT2D eigenvalue weighted by molar-refractivity contribution is 0.484. The lowest BCUT2D eigenvalue weighted by atomic mass is 10.2. The second-order valence-electron chi connectivity index (χ2n) is 3.73. The van der Waals surface area contributed by atoms with Gasteiger partial charge in [-0.1, -0.05) is 18.2 Å². The van der Waals surface area contributed by atoms with Crippen molar-refractivity contribution in [3.63, 3.8) is 0 Å². The van der Waals surface area contributed by atoms with Crippen LogP contribution in [-0.2, 0) is 0 Å². The number of nitrogens with zero attached hydrogens (tertiary/aromatic N) is 1. The van der Waals surface area contributed by atoms with Gasteiger partial charge in [0.1, 0.15) is 5.75 Å². The van der Waals surface area contributed by atoms with Crippen molar-refractivity contribution >= 4 is 5.69 Å². The van der Waals surface area contributed by atoms with Gasteiger partial charge in [-0.2, -0.15) is 5.26 Å². The van der Waals surface area contributed by atoms with Crippen LogP contribution in [0.25, 0.3) is 0 Å². The molecule has 2 aromatic carbocycles. The smallest absolute Gasteiger partial charge is 0.150 e. The van der Waals surface area contributed by atoms with E-state index in [1.54, 1.807) is 30.3 Å². The summed E-state index contributed by atoms with van der Waals surface area (Å²) >= 11 is 0. The molecule has 0 aliphatic carbocycles. The third kappa shape index (κ3) is 2.37. The average Bonchev–Trinajstić information content (AvgIpc) is 2.35. The van der Waals surface area contributed by atoms with Gasteiger partial charge in [0.25, 0.3) is 0 Å². The summed E-state index contributed by atoms with van der Waals surface area (Å²) in [6.07, 6.45) is 0. The van der Waals surface area contributed by atoms with Crippen molar-refractivity contribution in [3.8, 4) is 17.6 Å². The van der Waals surface area contributed by atoms with Gasteiger partial charge in [-0.25, -0.2) is 0 Å². The number of nitriles is 1. The fraction of sp³-hybridized carbons (Fsp3) is 0.0714. The molecule has 3 heteroatoms. The van der Waals surface area contributed by atoms with Crippen molar-refractivity contribution in [3.05, 3.63) is 53.6 Å². The zero-order valence-electron chi connectivity index (χ0n) is 9.47. The number of benzene rings is 2. The molecule has 0 bridgehead atoms. The maximum absolute atomic E-state index is 8.80. The number of para-hydroxylation sites is 1. The van der Waals surface area contributed by atoms with Crippen LogP contribution in [0.5, 0.6) is 11.5 Å². The van der Waals surface area contributed by atoms with Gasteiger partial charge in [0.05, 0.1) is 17.3 Å². The number of nitrogens with two attached hydrogens (primary N) is 1. The van der Waals surface area contributed by atoms with Crippen LogP contribution in [0.3, 0.4) is 0 Å². The first-order valence-corrected chi connectivity index (χ1v) is 5.24. The van der Waals surface area contributed by atoms with E-state index >= 15 is 0 Å². The Bertz CT molecular complexity index is 585. The number of rotatable bonds is 2. The van der Waals surface area contributed by atoms with Gasteiger partial charge in [0.2, 0.25) is 0 Å². The minimum Gasteiger partial charge on any atom is -0.455 e. The second-order valence-corrected chi connectivity index (χ2v) is 3.73. The van der Waals surface area contributed by atoms with Crippen molar-refractivity contribution < 1.29 is 4.74 Å². The Hall–Kier alpha value is -2.47. The molecular formula is C14H12N2O. The predicted octanol–water partition coefficient (Wildman–Crippen LogP) is 3.24. The van der Waals surface area contributed by atoms with E-state index in [1.807, 2.05) is 19.1 Å². The topological polar surface area (TPSA) is 59.0 Å². The third-order valence-electron chi connectivity index (χ3n) is 2.48. The number of anilines is 1. The molecule has 0 atom stereocenters. The summed E-state index contributed by atoms with van der Waals surface area (Å²) in [7, 11) is 0. The van der Waals surface area contributed by atoms with Crippen molar-refractivity contribution in [2.75, 3.05) is 5.73 Å². The molecule has 17 heavy (non-hydrogen) atoms. The molecule has 2 rings (SSSR count). The first-order chi connectivity index (χ1) is 8.20. The molecule has 0 saturated carbocycles. The van der Waals surface area contributed by atoms with E-state index in [9.17, 15) is 0 Å². The van der Waals surface area contributed by atoms with Crippen molar-refractivity contribution in [1.82, 2.24) is 0 Å². The highest BCUT2D eigenvalue weighted by atomic mass is 16.5. The van der Waals surface area contributed by atoms with Crippen molar-refractivity contribution in [2.45, 2.75) is 6.92 Å². The third-order valence-corrected chi connectivity index (χ3v) is 2.48. The molecule has 0 spiro atoms. The molecule has 0 amide bonds. The summed E-state index contributed by atoms with van der Waals surface area (Å²) in [6, 6.07) is 14.7. The average molecular weight is 224 g/mol. The van der Waals surface area contributed by atoms with Gasteiger partial charge in [-0.3, -0.25) is 0 Å². The molecule has 3 nitrogen and oxygen atoms in total. The number of nitrogen functional groups attached to an aromatic ring is 1. The van der Waals surface area contributed by atoms with Crippen LogP contribution in [0.15, 0.2) is 42.5 Å². The Labute approximate surface area is 100 Å². The Morgan fingerprint density at radius 1 is 1.18 bits per heavy atom. The highest BCUT2D eigenvalue weighted by Crippen LogP contribution is 2.29. The van der Waals surface area contributed by atoms with Crippen LogP contribution in [0, 0.1) is 18.3 Å². The number of aryl methyl sites for hydroxylation is 1. The lowest BCUT2D eigenvalue weighted by Crippen LogP contribution is -1.94. The minimum atomic E-state index is 0.564. The highest BCUT2D eigenvalue weighted by molar-refractivity contribution is 5.59. The van der Waals surface area contributed by atoms with E-state index in [-0.39, 0.29) is 0 Å². The molecule has 0 heterocycles. The molecule has 0 fully saturated rings. The molecule has 0 unspecified atom stereocenters. The molecule has 0 aromatic heterocycles. The van der Waals surface area contributed by atoms with E-state index in [4.69, 9.17) is 15.7 Å². The van der Waals surface area contributed by atoms with Crippen LogP contribution in [0.2, 0.25) is 0 Å². The summed E-state index contributed by atoms with van der Waals surface area (Å²) < 4.78 is 5.66. The number of hydrogen-bond donors (Lipinski definition) is 1. The van der Waals surface area contributed by atoms with E-state index in [1.165, 1.54) is 0 Å². The first-order valence-electron chi connectivity index (χ1n) is 5.24. The van der Waals surface area contributed by atoms with E-state index in [0.717, 1.165) is 5.56 Å². The monoisotopic (exact) mass is 224 g/mol. The molecule has 84 valence electrons. The fourth-order valence-corrected chi connectivity index (χ4v) is 1.50. The summed E-state index contributed by atoms with van der Waals surface area (Å²) in [5, 5.41) is 8.80. The summed E-state index contributed by atoms with van der Waals surface area (Å²) in [5.74, 6) is 1.22. The predicted molar refractivity (Wildman–Crippen MR) is 66.8 cm³/mol. The van der Waals surface area contributed by atoms with Crippen molar-refractivity contribution in [2.24, 2.45) is 0 Å². The Kier molecular flexibility index (Phi) is 2.97. The Morgan fingerprint density at radius 2 is 1.94 bits per heavy atom. The SMILES string of the molecule is Cc1cccc(Oc2cccc(C#N)c2)c1N. The van der Waals surface area contributed by atoms with E-state index in [0.29, 0.717) is 22.7 Å². The zero-order chi connectivity index (χ0) is 12.3. The molecule has 0 saturated heterocycles. The second kappa shape index (κ2) is 4.58. The minimum absolute atomic E-state index is 0.564. The van der Waals surface area contributed by atoms with Crippen LogP contribution in [-0.4, -0.2) is 0 Å². The van der Waals surface area contributed by atoms with Crippen LogP contribution in [0.1, 0.15) is 11.1 Å². The lowest BCUT2D eigenvalue weighted by Gasteiger charge is -2.10. The van der Waals surface area contributed by atoms with Crippen LogP contribution >= 0.6 is 0 Å². The molecule has 0 aliphatic heterocycles. The van der Waals surface area contributed by atoms with Crippen molar-refractivity contribution in [1.29, 1.82) is 5.26 Å². The van der Waals surface area contributed by atoms with Crippen LogP contribution in [0.4, 0.5) is 5.69 Å². The summed E-state index contributed by atoms with van der Waals surface area (Å²) in [5.41, 5.74) is 8.07. The van der Waals surface area contributed by atoms with Gasteiger partial charge in [0.15, 0.2) is 5.75 Å². The summed E-state index contributed by atoms with van der Waals surface area (Å²) in [6.45, 7) is 1.92. The Morgan fingerprint density at radius 3 is 2.71 bits per heavy atom. The quantitative estimate of drug-likeness (QED) is 0.796. The molecule has 0 aliphatic rings. The molecule has 2 N–H and O–H groups in total. The Balaban J connectivity index is 2.32. The van der Waals surface area contributed by atoms with Gasteiger partial charge >= 0.3 is 0 Å². The van der Waals surface area contributed by atoms with E-state index in [2.05, 4.69) is 6.07 Å². The molecular weight excluding hydrogens is 212 g/mol. The van der Waals surface area contributed by atoms with E-state index < -0.39 is 0 Å². The standard InChI is InChI=1S/C14H12N2O/c1-10-4-2-7-13(14(10)16)17-12-6-3-5-11(8-12)9-15/h2-8H,16H2,1H3. The van der Waals surface area contributed by atoms with Crippen LogP contribution < -0.4 is 10.5 Å². The van der Waals surface area contributed by atoms with Gasteiger partial charge in [-0.15, -0.1) is 0 Å². The van der Waals surface area contributed by atoms with Gasteiger partial charge < -0.3 is 10.5 Å². The van der Waals surface area contributed by atoms with Gasteiger partial charge in [-0.05, 0) is 36.8 Å². The molecule has 0 radical (unpaired) electrons. The van der Waals surface area contributed by atoms with Gasteiger partial charge in [0, 0.05) is 0 Å².